The van der Waals surface area contributed by atoms with Gasteiger partial charge in [-0.25, -0.2) is 4.98 Å². The number of rotatable bonds is 11. The van der Waals surface area contributed by atoms with E-state index in [0.717, 1.165) is 16.5 Å². The lowest BCUT2D eigenvalue weighted by molar-refractivity contribution is -0.121. The van der Waals surface area contributed by atoms with E-state index in [1.807, 2.05) is 77.4 Å². The highest BCUT2D eigenvalue weighted by Crippen LogP contribution is 2.33. The summed E-state index contributed by atoms with van der Waals surface area (Å²) >= 11 is 0. The van der Waals surface area contributed by atoms with Crippen molar-refractivity contribution in [3.05, 3.63) is 103 Å². The van der Waals surface area contributed by atoms with Gasteiger partial charge in [0.2, 0.25) is 5.91 Å². The SMILES string of the molecule is NC(=O)[C@H](CCCN=C(N)N)n1c(-c2ccc(Oc3ccccc3)cc2)nc2cc(C(=O)Nc3ccc4cn[nH]c4c3)ccc21. The van der Waals surface area contributed by atoms with Gasteiger partial charge in [0.1, 0.15) is 23.4 Å². The Bertz CT molecular complexity index is 2010. The number of aromatic nitrogens is 4. The van der Waals surface area contributed by atoms with E-state index >= 15 is 0 Å². The van der Waals surface area contributed by atoms with Crippen molar-refractivity contribution in [3.8, 4) is 22.9 Å². The van der Waals surface area contributed by atoms with E-state index in [0.29, 0.717) is 59.0 Å². The molecule has 8 N–H and O–H groups in total. The van der Waals surface area contributed by atoms with E-state index in [1.165, 1.54) is 0 Å². The molecule has 4 aromatic carbocycles. The number of hydrogen-bond donors (Lipinski definition) is 5. The molecule has 0 unspecified atom stereocenters. The first-order valence-electron chi connectivity index (χ1n) is 14.3. The number of fused-ring (bicyclic) bond motifs is 2. The predicted octanol–water partition coefficient (Wildman–Crippen LogP) is 4.70. The van der Waals surface area contributed by atoms with Crippen LogP contribution in [0, 0.1) is 0 Å². The summed E-state index contributed by atoms with van der Waals surface area (Å²) in [7, 11) is 0. The molecule has 45 heavy (non-hydrogen) atoms. The maximum atomic E-state index is 13.3. The molecule has 12 heteroatoms. The fourth-order valence-corrected chi connectivity index (χ4v) is 5.17. The Morgan fingerprint density at radius 2 is 1.71 bits per heavy atom. The zero-order chi connectivity index (χ0) is 31.3. The summed E-state index contributed by atoms with van der Waals surface area (Å²) in [6, 6.07) is 26.8. The van der Waals surface area contributed by atoms with Gasteiger partial charge < -0.3 is 31.8 Å². The van der Waals surface area contributed by atoms with Gasteiger partial charge in [0.15, 0.2) is 5.96 Å². The number of nitrogens with zero attached hydrogens (tertiary/aromatic N) is 4. The zero-order valence-corrected chi connectivity index (χ0v) is 24.2. The van der Waals surface area contributed by atoms with Crippen LogP contribution in [0.5, 0.6) is 11.5 Å². The Hall–Kier alpha value is -6.17. The molecule has 226 valence electrons. The Labute approximate surface area is 257 Å². The molecule has 2 amide bonds. The van der Waals surface area contributed by atoms with Crippen molar-refractivity contribution in [1.82, 2.24) is 19.7 Å². The summed E-state index contributed by atoms with van der Waals surface area (Å²) in [6.45, 7) is 0.342. The van der Waals surface area contributed by atoms with Crippen molar-refractivity contribution in [1.29, 1.82) is 0 Å². The molecule has 6 rings (SSSR count). The zero-order valence-electron chi connectivity index (χ0n) is 24.2. The molecule has 12 nitrogen and oxygen atoms in total. The Morgan fingerprint density at radius 3 is 2.47 bits per heavy atom. The van der Waals surface area contributed by atoms with Gasteiger partial charge in [0, 0.05) is 28.7 Å². The van der Waals surface area contributed by atoms with Crippen molar-refractivity contribution in [2.45, 2.75) is 18.9 Å². The minimum Gasteiger partial charge on any atom is -0.457 e. The lowest BCUT2D eigenvalue weighted by Gasteiger charge is -2.19. The minimum atomic E-state index is -0.750. The first kappa shape index (κ1) is 28.9. The van der Waals surface area contributed by atoms with Crippen LogP contribution in [0.4, 0.5) is 5.69 Å². The van der Waals surface area contributed by atoms with E-state index in [-0.39, 0.29) is 11.9 Å². The number of benzene rings is 4. The average molecular weight is 602 g/mol. The molecule has 6 aromatic rings. The molecular weight excluding hydrogens is 570 g/mol. The van der Waals surface area contributed by atoms with Gasteiger partial charge in [0.05, 0.1) is 22.7 Å². The third kappa shape index (κ3) is 6.44. The molecule has 0 bridgehead atoms. The van der Waals surface area contributed by atoms with Gasteiger partial charge in [-0.3, -0.25) is 19.7 Å². The number of aromatic amines is 1. The van der Waals surface area contributed by atoms with Crippen LogP contribution in [0.1, 0.15) is 29.2 Å². The number of H-pyrrole nitrogens is 1. The summed E-state index contributed by atoms with van der Waals surface area (Å²) < 4.78 is 7.77. The van der Waals surface area contributed by atoms with E-state index in [9.17, 15) is 9.59 Å². The van der Waals surface area contributed by atoms with Gasteiger partial charge in [-0.1, -0.05) is 18.2 Å². The Morgan fingerprint density at radius 1 is 0.933 bits per heavy atom. The molecule has 0 fully saturated rings. The summed E-state index contributed by atoms with van der Waals surface area (Å²) in [6.07, 6.45) is 2.60. The summed E-state index contributed by atoms with van der Waals surface area (Å²) in [4.78, 5) is 35.0. The summed E-state index contributed by atoms with van der Waals surface area (Å²) in [5, 5.41) is 10.8. The van der Waals surface area contributed by atoms with E-state index in [4.69, 9.17) is 26.9 Å². The first-order valence-corrected chi connectivity index (χ1v) is 14.3. The standard InChI is InChI=1S/C33H31N9O3/c34-30(43)29(7-4-16-37-33(35)36)42-28-15-11-21(32(44)39-23-12-8-22-19-38-41-26(22)18-23)17-27(28)40-31(42)20-9-13-25(14-10-20)45-24-5-2-1-3-6-24/h1-3,5-6,8-15,17-19,29H,4,7,16H2,(H2,34,43)(H,38,41)(H,39,44)(H4,35,36,37)/t29-/m0/s1. The number of para-hydroxylation sites is 1. The van der Waals surface area contributed by atoms with Gasteiger partial charge in [0.25, 0.3) is 5.91 Å². The van der Waals surface area contributed by atoms with Crippen LogP contribution in [-0.2, 0) is 4.79 Å². The molecule has 0 saturated carbocycles. The van der Waals surface area contributed by atoms with Crippen LogP contribution in [-0.4, -0.2) is 44.1 Å². The third-order valence-corrected chi connectivity index (χ3v) is 7.31. The number of aliphatic imine (C=N–C) groups is 1. The Balaban J connectivity index is 1.35. The van der Waals surface area contributed by atoms with E-state index < -0.39 is 11.9 Å². The van der Waals surface area contributed by atoms with Crippen LogP contribution in [0.3, 0.4) is 0 Å². The predicted molar refractivity (Wildman–Crippen MR) is 174 cm³/mol. The topological polar surface area (TPSA) is 192 Å². The number of nitrogens with one attached hydrogen (secondary N) is 2. The van der Waals surface area contributed by atoms with Crippen molar-refractivity contribution in [2.24, 2.45) is 22.2 Å². The second kappa shape index (κ2) is 12.6. The quantitative estimate of drug-likeness (QED) is 0.0806. The molecule has 0 aliphatic rings. The van der Waals surface area contributed by atoms with Crippen molar-refractivity contribution < 1.29 is 14.3 Å². The van der Waals surface area contributed by atoms with Gasteiger partial charge in [-0.15, -0.1) is 0 Å². The molecule has 1 atom stereocenters. The van der Waals surface area contributed by atoms with E-state index in [1.54, 1.807) is 24.4 Å². The lowest BCUT2D eigenvalue weighted by atomic mass is 10.1. The number of imidazole rings is 1. The number of nitrogens with two attached hydrogens (primary N) is 3. The van der Waals surface area contributed by atoms with Crippen molar-refractivity contribution in [3.63, 3.8) is 0 Å². The molecular formula is C33H31N9O3. The van der Waals surface area contributed by atoms with Gasteiger partial charge in [-0.2, -0.15) is 5.10 Å². The largest absolute Gasteiger partial charge is 0.457 e. The number of anilines is 1. The molecule has 2 heterocycles. The summed E-state index contributed by atoms with van der Waals surface area (Å²) in [5.41, 5.74) is 20.7. The molecule has 2 aromatic heterocycles. The third-order valence-electron chi connectivity index (χ3n) is 7.31. The second-order valence-electron chi connectivity index (χ2n) is 10.4. The molecule has 0 aliphatic carbocycles. The molecule has 0 radical (unpaired) electrons. The van der Waals surface area contributed by atoms with E-state index in [2.05, 4.69) is 20.5 Å². The van der Waals surface area contributed by atoms with Crippen LogP contribution in [0.25, 0.3) is 33.3 Å². The van der Waals surface area contributed by atoms with Crippen LogP contribution < -0.4 is 27.3 Å². The van der Waals surface area contributed by atoms with Crippen LogP contribution >= 0.6 is 0 Å². The summed E-state index contributed by atoms with van der Waals surface area (Å²) in [5.74, 6) is 1.01. The highest BCUT2D eigenvalue weighted by Gasteiger charge is 2.25. The fourth-order valence-electron chi connectivity index (χ4n) is 5.17. The molecule has 0 saturated heterocycles. The number of guanidine groups is 1. The number of primary amides is 1. The number of carbonyl (C=O) groups is 2. The number of ether oxygens (including phenoxy) is 1. The van der Waals surface area contributed by atoms with Crippen LogP contribution in [0.15, 0.2) is 102 Å². The smallest absolute Gasteiger partial charge is 0.255 e. The second-order valence-corrected chi connectivity index (χ2v) is 10.4. The highest BCUT2D eigenvalue weighted by molar-refractivity contribution is 6.07. The Kier molecular flexibility index (Phi) is 8.10. The molecule has 0 spiro atoms. The number of hydrogen-bond acceptors (Lipinski definition) is 6. The average Bonchev–Trinajstić information content (AvgIpc) is 3.66. The minimum absolute atomic E-state index is 0.0208. The maximum absolute atomic E-state index is 13.3. The first-order chi connectivity index (χ1) is 21.9. The fraction of sp³-hybridized carbons (Fsp3) is 0.121. The lowest BCUT2D eigenvalue weighted by Crippen LogP contribution is -2.27. The highest BCUT2D eigenvalue weighted by atomic mass is 16.5. The monoisotopic (exact) mass is 601 g/mol. The maximum Gasteiger partial charge on any atom is 0.255 e. The van der Waals surface area contributed by atoms with Crippen molar-refractivity contribution >= 4 is 45.4 Å². The van der Waals surface area contributed by atoms with Gasteiger partial charge >= 0.3 is 0 Å². The van der Waals surface area contributed by atoms with Crippen molar-refractivity contribution in [2.75, 3.05) is 11.9 Å². The number of carbonyl (C=O) groups excluding carboxylic acids is 2. The number of amides is 2. The normalized spacial score (nSPS) is 11.7. The molecule has 0 aliphatic heterocycles. The van der Waals surface area contributed by atoms with Crippen LogP contribution in [0.2, 0.25) is 0 Å². The van der Waals surface area contributed by atoms with Gasteiger partial charge in [-0.05, 0) is 85.6 Å².